The van der Waals surface area contributed by atoms with Gasteiger partial charge < -0.3 is 9.47 Å². The Morgan fingerprint density at radius 1 is 1.40 bits per heavy atom. The molecule has 15 heavy (non-hydrogen) atoms. The Kier molecular flexibility index (Phi) is 4.41. The van der Waals surface area contributed by atoms with Crippen LogP contribution in [0.25, 0.3) is 0 Å². The second-order valence-corrected chi connectivity index (χ2v) is 2.93. The Bertz CT molecular complexity index is 327. The van der Waals surface area contributed by atoms with E-state index in [9.17, 15) is 4.79 Å². The van der Waals surface area contributed by atoms with Gasteiger partial charge in [0.15, 0.2) is 0 Å². The first-order valence-electron chi connectivity index (χ1n) is 4.77. The van der Waals surface area contributed by atoms with Gasteiger partial charge in [-0.3, -0.25) is 0 Å². The molecule has 0 saturated heterocycles. The first kappa shape index (κ1) is 11.3. The smallest absolute Gasteiger partial charge is 0.333 e. The third-order valence-electron chi connectivity index (χ3n) is 1.93. The molecular weight excluding hydrogens is 192 g/mol. The van der Waals surface area contributed by atoms with Crippen molar-refractivity contribution in [1.82, 2.24) is 0 Å². The van der Waals surface area contributed by atoms with Crippen LogP contribution in [-0.4, -0.2) is 12.8 Å². The predicted molar refractivity (Wildman–Crippen MR) is 57.6 cm³/mol. The average molecular weight is 206 g/mol. The van der Waals surface area contributed by atoms with E-state index in [-0.39, 0.29) is 6.79 Å². The summed E-state index contributed by atoms with van der Waals surface area (Å²) < 4.78 is 9.86. The van der Waals surface area contributed by atoms with Crippen LogP contribution in [0.4, 0.5) is 0 Å². The summed E-state index contributed by atoms with van der Waals surface area (Å²) in [6.07, 6.45) is 2.09. The van der Waals surface area contributed by atoms with Crippen LogP contribution in [0, 0.1) is 0 Å². The molecule has 0 aliphatic carbocycles. The fraction of sp³-hybridized carbons (Fsp3) is 0.250. The van der Waals surface area contributed by atoms with Gasteiger partial charge in [-0.25, -0.2) is 4.79 Å². The number of hydrogen-bond donors (Lipinski definition) is 0. The molecule has 0 saturated carbocycles. The lowest BCUT2D eigenvalue weighted by atomic mass is 10.2. The predicted octanol–water partition coefficient (Wildman–Crippen LogP) is 2.31. The molecule has 0 radical (unpaired) electrons. The van der Waals surface area contributed by atoms with Crippen LogP contribution in [0.2, 0.25) is 0 Å². The van der Waals surface area contributed by atoms with Crippen LogP contribution < -0.4 is 4.74 Å². The zero-order chi connectivity index (χ0) is 11.1. The number of carbonyl (C=O) groups excluding carboxylic acids is 1. The minimum atomic E-state index is -0.486. The Labute approximate surface area is 89.3 Å². The molecule has 1 aromatic rings. The first-order chi connectivity index (χ1) is 7.26. The van der Waals surface area contributed by atoms with Gasteiger partial charge in [0, 0.05) is 6.08 Å². The van der Waals surface area contributed by atoms with Crippen LogP contribution in [0.15, 0.2) is 36.9 Å². The van der Waals surface area contributed by atoms with Gasteiger partial charge in [-0.2, -0.15) is 0 Å². The van der Waals surface area contributed by atoms with Gasteiger partial charge in [-0.15, -0.1) is 0 Å². The molecule has 80 valence electrons. The Balaban J connectivity index is 2.37. The number of rotatable bonds is 5. The van der Waals surface area contributed by atoms with Crippen LogP contribution in [0.3, 0.4) is 0 Å². The maximum atomic E-state index is 10.7. The molecule has 3 heteroatoms. The van der Waals surface area contributed by atoms with E-state index < -0.39 is 5.97 Å². The van der Waals surface area contributed by atoms with Crippen molar-refractivity contribution in [2.24, 2.45) is 0 Å². The van der Waals surface area contributed by atoms with Crippen LogP contribution >= 0.6 is 0 Å². The number of carbonyl (C=O) groups is 1. The number of ether oxygens (including phenoxy) is 2. The van der Waals surface area contributed by atoms with Gasteiger partial charge >= 0.3 is 5.97 Å². The van der Waals surface area contributed by atoms with Gasteiger partial charge in [0.1, 0.15) is 5.75 Å². The zero-order valence-electron chi connectivity index (χ0n) is 8.73. The molecule has 0 heterocycles. The normalized spacial score (nSPS) is 9.40. The van der Waals surface area contributed by atoms with E-state index in [1.54, 1.807) is 0 Å². The molecule has 0 aromatic heterocycles. The fourth-order valence-corrected chi connectivity index (χ4v) is 1.04. The number of hydrogen-bond acceptors (Lipinski definition) is 3. The van der Waals surface area contributed by atoms with Crippen LogP contribution in [-0.2, 0) is 16.0 Å². The summed E-state index contributed by atoms with van der Waals surface area (Å²) in [4.78, 5) is 10.7. The van der Waals surface area contributed by atoms with E-state index in [2.05, 4.69) is 18.2 Å². The SMILES string of the molecule is C=CC(=O)OCOc1ccc(CC)cc1. The topological polar surface area (TPSA) is 35.5 Å². The standard InChI is InChI=1S/C12H14O3/c1-3-10-5-7-11(8-6-10)14-9-15-12(13)4-2/h4-8H,2-3,9H2,1H3. The van der Waals surface area contributed by atoms with Crippen molar-refractivity contribution in [3.8, 4) is 5.75 Å². The average Bonchev–Trinajstić information content (AvgIpc) is 2.29. The molecule has 3 nitrogen and oxygen atoms in total. The number of benzene rings is 1. The van der Waals surface area contributed by atoms with Gasteiger partial charge in [0.05, 0.1) is 0 Å². The van der Waals surface area contributed by atoms with E-state index in [4.69, 9.17) is 4.74 Å². The van der Waals surface area contributed by atoms with Crippen molar-refractivity contribution in [3.63, 3.8) is 0 Å². The first-order valence-corrected chi connectivity index (χ1v) is 4.77. The highest BCUT2D eigenvalue weighted by molar-refractivity contribution is 5.81. The van der Waals surface area contributed by atoms with E-state index in [0.29, 0.717) is 5.75 Å². The summed E-state index contributed by atoms with van der Waals surface area (Å²) >= 11 is 0. The van der Waals surface area contributed by atoms with Gasteiger partial charge in [0.2, 0.25) is 6.79 Å². The third-order valence-corrected chi connectivity index (χ3v) is 1.93. The Hall–Kier alpha value is -1.77. The third kappa shape index (κ3) is 3.85. The minimum absolute atomic E-state index is 0.0870. The summed E-state index contributed by atoms with van der Waals surface area (Å²) in [6.45, 7) is 5.28. The molecule has 0 aliphatic heterocycles. The van der Waals surface area contributed by atoms with Crippen molar-refractivity contribution in [2.75, 3.05) is 6.79 Å². The summed E-state index contributed by atoms with van der Waals surface area (Å²) in [5.41, 5.74) is 1.24. The summed E-state index contributed by atoms with van der Waals surface area (Å²) in [7, 11) is 0. The second-order valence-electron chi connectivity index (χ2n) is 2.93. The molecule has 1 aromatic carbocycles. The number of aryl methyl sites for hydroxylation is 1. The van der Waals surface area contributed by atoms with Gasteiger partial charge in [-0.1, -0.05) is 25.6 Å². The fourth-order valence-electron chi connectivity index (χ4n) is 1.04. The molecule has 0 bridgehead atoms. The number of esters is 1. The molecule has 0 spiro atoms. The summed E-state index contributed by atoms with van der Waals surface area (Å²) in [5, 5.41) is 0. The van der Waals surface area contributed by atoms with Crippen molar-refractivity contribution in [2.45, 2.75) is 13.3 Å². The Morgan fingerprint density at radius 2 is 2.07 bits per heavy atom. The Morgan fingerprint density at radius 3 is 2.60 bits per heavy atom. The highest BCUT2D eigenvalue weighted by Gasteiger charge is 1.96. The van der Waals surface area contributed by atoms with E-state index in [0.717, 1.165) is 12.5 Å². The molecular formula is C12H14O3. The summed E-state index contributed by atoms with van der Waals surface area (Å²) in [5.74, 6) is 0.198. The molecule has 0 atom stereocenters. The molecule has 0 N–H and O–H groups in total. The zero-order valence-corrected chi connectivity index (χ0v) is 8.73. The molecule has 1 rings (SSSR count). The molecule has 0 amide bonds. The van der Waals surface area contributed by atoms with Crippen LogP contribution in [0.5, 0.6) is 5.75 Å². The minimum Gasteiger partial charge on any atom is -0.457 e. The lowest BCUT2D eigenvalue weighted by molar-refractivity contribution is -0.144. The van der Waals surface area contributed by atoms with E-state index in [1.165, 1.54) is 5.56 Å². The molecule has 0 aliphatic rings. The quantitative estimate of drug-likeness (QED) is 0.421. The van der Waals surface area contributed by atoms with Crippen LogP contribution in [0.1, 0.15) is 12.5 Å². The monoisotopic (exact) mass is 206 g/mol. The van der Waals surface area contributed by atoms with Crippen molar-refractivity contribution in [1.29, 1.82) is 0 Å². The highest BCUT2D eigenvalue weighted by atomic mass is 16.7. The lowest BCUT2D eigenvalue weighted by Gasteiger charge is -2.06. The van der Waals surface area contributed by atoms with Crippen molar-refractivity contribution >= 4 is 5.97 Å². The maximum absolute atomic E-state index is 10.7. The largest absolute Gasteiger partial charge is 0.457 e. The maximum Gasteiger partial charge on any atom is 0.333 e. The van der Waals surface area contributed by atoms with E-state index in [1.807, 2.05) is 24.3 Å². The van der Waals surface area contributed by atoms with Crippen molar-refractivity contribution < 1.29 is 14.3 Å². The van der Waals surface area contributed by atoms with E-state index >= 15 is 0 Å². The van der Waals surface area contributed by atoms with Gasteiger partial charge in [0.25, 0.3) is 0 Å². The highest BCUT2D eigenvalue weighted by Crippen LogP contribution is 2.12. The second kappa shape index (κ2) is 5.86. The summed E-state index contributed by atoms with van der Waals surface area (Å²) in [6, 6.07) is 7.65. The molecule has 0 unspecified atom stereocenters. The lowest BCUT2D eigenvalue weighted by Crippen LogP contribution is -2.07. The van der Waals surface area contributed by atoms with Gasteiger partial charge in [-0.05, 0) is 24.1 Å². The molecule has 0 fully saturated rings. The van der Waals surface area contributed by atoms with Crippen molar-refractivity contribution in [3.05, 3.63) is 42.5 Å².